The summed E-state index contributed by atoms with van der Waals surface area (Å²) in [5.74, 6) is 0.0184. The van der Waals surface area contributed by atoms with Crippen LogP contribution in [0, 0.1) is 5.92 Å². The van der Waals surface area contributed by atoms with E-state index >= 15 is 0 Å². The van der Waals surface area contributed by atoms with Crippen molar-refractivity contribution in [2.45, 2.75) is 32.9 Å². The van der Waals surface area contributed by atoms with E-state index in [4.69, 9.17) is 4.74 Å². The first-order valence-corrected chi connectivity index (χ1v) is 16.1. The van der Waals surface area contributed by atoms with Gasteiger partial charge in [-0.25, -0.2) is 8.42 Å². The molecule has 1 N–H and O–H groups in total. The number of anilines is 1. The molecule has 2 amide bonds. The molecule has 0 aliphatic rings. The third-order valence-corrected chi connectivity index (χ3v) is 8.28. The van der Waals surface area contributed by atoms with Gasteiger partial charge in [0.15, 0.2) is 0 Å². The van der Waals surface area contributed by atoms with Crippen molar-refractivity contribution in [3.05, 3.63) is 108 Å². The number of methoxy groups -OCH3 is 1. The highest BCUT2D eigenvalue weighted by Gasteiger charge is 2.33. The third kappa shape index (κ3) is 8.35. The molecule has 0 saturated carbocycles. The van der Waals surface area contributed by atoms with E-state index < -0.39 is 28.5 Å². The summed E-state index contributed by atoms with van der Waals surface area (Å²) in [5, 5.41) is 4.55. The smallest absolute Gasteiger partial charge is 0.244 e. The van der Waals surface area contributed by atoms with Crippen molar-refractivity contribution in [1.82, 2.24) is 10.2 Å². The summed E-state index contributed by atoms with van der Waals surface area (Å²) in [6.07, 6.45) is 1.35. The van der Waals surface area contributed by atoms with Crippen LogP contribution in [0.2, 0.25) is 0 Å². The zero-order chi connectivity index (χ0) is 31.0. The van der Waals surface area contributed by atoms with Gasteiger partial charge < -0.3 is 15.0 Å². The standard InChI is InChI=1S/C34H39N3O5S/c1-25(2)22-35-34(39)32(21-26-12-6-5-7-13-26)36(23-27-14-10-17-29(20-27)42-3)33(38)24-37(43(4,40)41)31-19-11-16-28-15-8-9-18-30(28)31/h5-20,25,32H,21-24H2,1-4H3,(H,35,39)/t32-/m1/s1. The highest BCUT2D eigenvalue weighted by Crippen LogP contribution is 2.29. The lowest BCUT2D eigenvalue weighted by atomic mass is 10.0. The molecule has 9 heteroatoms. The Hall–Kier alpha value is -4.37. The van der Waals surface area contributed by atoms with Crippen LogP contribution >= 0.6 is 0 Å². The number of hydrogen-bond donors (Lipinski definition) is 1. The van der Waals surface area contributed by atoms with Gasteiger partial charge in [-0.15, -0.1) is 0 Å². The first-order valence-electron chi connectivity index (χ1n) is 14.3. The SMILES string of the molecule is COc1cccc(CN(C(=O)CN(c2cccc3ccccc23)S(C)(=O)=O)[C@H](Cc2ccccc2)C(=O)NCC(C)C)c1. The number of hydrogen-bond acceptors (Lipinski definition) is 5. The normalized spacial score (nSPS) is 12.1. The number of fused-ring (bicyclic) bond motifs is 1. The number of carbonyl (C=O) groups is 2. The van der Waals surface area contributed by atoms with Crippen LogP contribution in [0.5, 0.6) is 5.75 Å². The van der Waals surface area contributed by atoms with Crippen LogP contribution in [-0.4, -0.2) is 57.6 Å². The van der Waals surface area contributed by atoms with Gasteiger partial charge in [-0.1, -0.05) is 92.7 Å². The van der Waals surface area contributed by atoms with Gasteiger partial charge in [-0.05, 0) is 40.6 Å². The summed E-state index contributed by atoms with van der Waals surface area (Å²) in [6, 6.07) is 28.7. The number of benzene rings is 4. The first kappa shape index (κ1) is 31.6. The molecular formula is C34H39N3O5S. The number of sulfonamides is 1. The quantitative estimate of drug-likeness (QED) is 0.232. The van der Waals surface area contributed by atoms with Gasteiger partial charge in [-0.3, -0.25) is 13.9 Å². The number of rotatable bonds is 13. The minimum absolute atomic E-state index is 0.0791. The summed E-state index contributed by atoms with van der Waals surface area (Å²) >= 11 is 0. The van der Waals surface area contributed by atoms with Crippen LogP contribution in [0.1, 0.15) is 25.0 Å². The molecule has 0 aliphatic heterocycles. The van der Waals surface area contributed by atoms with Crippen LogP contribution in [0.3, 0.4) is 0 Å². The predicted octanol–water partition coefficient (Wildman–Crippen LogP) is 5.03. The summed E-state index contributed by atoms with van der Waals surface area (Å²) < 4.78 is 32.9. The second-order valence-corrected chi connectivity index (χ2v) is 12.9. The van der Waals surface area contributed by atoms with Crippen molar-refractivity contribution < 1.29 is 22.7 Å². The van der Waals surface area contributed by atoms with Crippen molar-refractivity contribution in [1.29, 1.82) is 0 Å². The van der Waals surface area contributed by atoms with E-state index in [-0.39, 0.29) is 24.8 Å². The molecule has 1 atom stereocenters. The molecule has 226 valence electrons. The molecule has 0 heterocycles. The fourth-order valence-corrected chi connectivity index (χ4v) is 5.83. The van der Waals surface area contributed by atoms with Crippen LogP contribution < -0.4 is 14.4 Å². The molecule has 8 nitrogen and oxygen atoms in total. The van der Waals surface area contributed by atoms with Gasteiger partial charge in [0.25, 0.3) is 0 Å². The summed E-state index contributed by atoms with van der Waals surface area (Å²) in [5.41, 5.74) is 2.03. The maximum Gasteiger partial charge on any atom is 0.244 e. The zero-order valence-electron chi connectivity index (χ0n) is 25.1. The van der Waals surface area contributed by atoms with Crippen molar-refractivity contribution in [2.75, 3.05) is 30.8 Å². The van der Waals surface area contributed by atoms with E-state index in [0.29, 0.717) is 23.4 Å². The van der Waals surface area contributed by atoms with Crippen molar-refractivity contribution in [3.8, 4) is 5.75 Å². The topological polar surface area (TPSA) is 96.0 Å². The molecule has 4 rings (SSSR count). The molecule has 43 heavy (non-hydrogen) atoms. The van der Waals surface area contributed by atoms with Gasteiger partial charge >= 0.3 is 0 Å². The fourth-order valence-electron chi connectivity index (χ4n) is 4.96. The third-order valence-electron chi connectivity index (χ3n) is 7.16. The Bertz CT molecular complexity index is 1650. The Morgan fingerprint density at radius 3 is 2.21 bits per heavy atom. The van der Waals surface area contributed by atoms with E-state index in [9.17, 15) is 18.0 Å². The summed E-state index contributed by atoms with van der Waals surface area (Å²) in [4.78, 5) is 29.6. The molecule has 0 radical (unpaired) electrons. The number of ether oxygens (including phenoxy) is 1. The van der Waals surface area contributed by atoms with Crippen LogP contribution in [0.4, 0.5) is 5.69 Å². The molecular weight excluding hydrogens is 562 g/mol. The van der Waals surface area contributed by atoms with E-state index in [1.165, 1.54) is 4.90 Å². The number of nitrogens with zero attached hydrogens (tertiary/aromatic N) is 2. The van der Waals surface area contributed by atoms with Crippen LogP contribution in [-0.2, 0) is 32.6 Å². The number of amides is 2. The van der Waals surface area contributed by atoms with E-state index in [0.717, 1.165) is 27.1 Å². The van der Waals surface area contributed by atoms with Gasteiger partial charge in [-0.2, -0.15) is 0 Å². The molecule has 0 fully saturated rings. The minimum atomic E-state index is -3.88. The molecule has 0 saturated heterocycles. The summed E-state index contributed by atoms with van der Waals surface area (Å²) in [7, 11) is -2.32. The van der Waals surface area contributed by atoms with Gasteiger partial charge in [0, 0.05) is 24.9 Å². The number of nitrogens with one attached hydrogen (secondary N) is 1. The lowest BCUT2D eigenvalue weighted by Crippen LogP contribution is -2.53. The van der Waals surface area contributed by atoms with E-state index in [2.05, 4.69) is 5.32 Å². The maximum absolute atomic E-state index is 14.4. The van der Waals surface area contributed by atoms with Crippen LogP contribution in [0.15, 0.2) is 97.1 Å². The Balaban J connectivity index is 1.78. The highest BCUT2D eigenvalue weighted by molar-refractivity contribution is 7.92. The molecule has 4 aromatic carbocycles. The van der Waals surface area contributed by atoms with Gasteiger partial charge in [0.2, 0.25) is 21.8 Å². The van der Waals surface area contributed by atoms with Crippen molar-refractivity contribution in [3.63, 3.8) is 0 Å². The zero-order valence-corrected chi connectivity index (χ0v) is 25.9. The molecule has 0 unspecified atom stereocenters. The van der Waals surface area contributed by atoms with E-state index in [1.807, 2.05) is 92.7 Å². The summed E-state index contributed by atoms with van der Waals surface area (Å²) in [6.45, 7) is 4.05. The molecule has 0 spiro atoms. The Morgan fingerprint density at radius 1 is 0.860 bits per heavy atom. The predicted molar refractivity (Wildman–Crippen MR) is 171 cm³/mol. The number of carbonyl (C=O) groups excluding carboxylic acids is 2. The molecule has 0 aliphatic carbocycles. The Morgan fingerprint density at radius 2 is 1.51 bits per heavy atom. The average molecular weight is 602 g/mol. The van der Waals surface area contributed by atoms with Gasteiger partial charge in [0.1, 0.15) is 18.3 Å². The second-order valence-electron chi connectivity index (χ2n) is 11.0. The lowest BCUT2D eigenvalue weighted by molar-refractivity contribution is -0.140. The molecule has 0 aromatic heterocycles. The highest BCUT2D eigenvalue weighted by atomic mass is 32.2. The van der Waals surface area contributed by atoms with Crippen molar-refractivity contribution in [2.24, 2.45) is 5.92 Å². The average Bonchev–Trinajstić information content (AvgIpc) is 3.00. The maximum atomic E-state index is 14.4. The van der Waals surface area contributed by atoms with Crippen LogP contribution in [0.25, 0.3) is 10.8 Å². The first-order chi connectivity index (χ1) is 20.6. The fraction of sp³-hybridized carbons (Fsp3) is 0.294. The monoisotopic (exact) mass is 601 g/mol. The van der Waals surface area contributed by atoms with Crippen molar-refractivity contribution >= 4 is 38.3 Å². The largest absolute Gasteiger partial charge is 0.497 e. The lowest BCUT2D eigenvalue weighted by Gasteiger charge is -2.34. The Labute approximate surface area is 254 Å². The second kappa shape index (κ2) is 14.2. The van der Waals surface area contributed by atoms with E-state index in [1.54, 1.807) is 25.3 Å². The minimum Gasteiger partial charge on any atom is -0.497 e. The molecule has 0 bridgehead atoms. The Kier molecular flexibility index (Phi) is 10.4. The van der Waals surface area contributed by atoms with Gasteiger partial charge in [0.05, 0.1) is 19.1 Å². The molecule has 4 aromatic rings.